The second kappa shape index (κ2) is 5.74. The number of amides is 1. The van der Waals surface area contributed by atoms with Crippen LogP contribution in [0.5, 0.6) is 0 Å². The summed E-state index contributed by atoms with van der Waals surface area (Å²) in [4.78, 5) is 28.8. The Morgan fingerprint density at radius 3 is 2.71 bits per heavy atom. The number of rotatable bonds is 3. The molecule has 0 atom stereocenters. The van der Waals surface area contributed by atoms with Crippen molar-refractivity contribution in [2.75, 3.05) is 12.4 Å². The van der Waals surface area contributed by atoms with Crippen LogP contribution in [0.1, 0.15) is 6.92 Å². The number of hydrogen-bond acceptors (Lipinski definition) is 7. The van der Waals surface area contributed by atoms with Crippen molar-refractivity contribution in [3.8, 4) is 0 Å². The molecule has 0 spiro atoms. The van der Waals surface area contributed by atoms with Crippen molar-refractivity contribution >= 4 is 47.9 Å². The highest BCUT2D eigenvalue weighted by Crippen LogP contribution is 2.26. The SMILES string of the molecule is COC(=O)Nc1nc2ccc(S(=O)(=O)SC(C)=O)cc2[nH]1. The van der Waals surface area contributed by atoms with Crippen LogP contribution in [0.15, 0.2) is 23.1 Å². The molecule has 2 aromatic rings. The van der Waals surface area contributed by atoms with Crippen LogP contribution in [-0.4, -0.2) is 36.7 Å². The van der Waals surface area contributed by atoms with E-state index in [-0.39, 0.29) is 21.6 Å². The molecule has 21 heavy (non-hydrogen) atoms. The summed E-state index contributed by atoms with van der Waals surface area (Å²) in [5.74, 6) is 0.130. The monoisotopic (exact) mass is 329 g/mol. The lowest BCUT2D eigenvalue weighted by Gasteiger charge is -2.00. The quantitative estimate of drug-likeness (QED) is 0.823. The molecule has 8 nitrogen and oxygen atoms in total. The first kappa shape index (κ1) is 15.3. The Bertz CT molecular complexity index is 812. The van der Waals surface area contributed by atoms with Gasteiger partial charge in [0, 0.05) is 17.7 Å². The number of benzene rings is 1. The third-order valence-corrected chi connectivity index (χ3v) is 5.60. The van der Waals surface area contributed by atoms with Gasteiger partial charge in [0.25, 0.3) is 0 Å². The van der Waals surface area contributed by atoms with Crippen LogP contribution in [0.25, 0.3) is 11.0 Å². The number of nitrogens with one attached hydrogen (secondary N) is 2. The molecule has 1 amide bonds. The molecule has 2 N–H and O–H groups in total. The van der Waals surface area contributed by atoms with E-state index in [1.54, 1.807) is 0 Å². The summed E-state index contributed by atoms with van der Waals surface area (Å²) in [6, 6.07) is 4.16. The van der Waals surface area contributed by atoms with E-state index in [1.807, 2.05) is 0 Å². The van der Waals surface area contributed by atoms with E-state index >= 15 is 0 Å². The fourth-order valence-electron chi connectivity index (χ4n) is 1.55. The van der Waals surface area contributed by atoms with Gasteiger partial charge in [0.15, 0.2) is 0 Å². The van der Waals surface area contributed by atoms with Crippen molar-refractivity contribution in [1.82, 2.24) is 9.97 Å². The highest BCUT2D eigenvalue weighted by atomic mass is 33.1. The molecule has 1 aromatic heterocycles. The van der Waals surface area contributed by atoms with E-state index in [2.05, 4.69) is 20.0 Å². The van der Waals surface area contributed by atoms with Gasteiger partial charge in [-0.05, 0) is 18.2 Å². The number of methoxy groups -OCH3 is 1. The van der Waals surface area contributed by atoms with Gasteiger partial charge < -0.3 is 9.72 Å². The number of imidazole rings is 1. The maximum Gasteiger partial charge on any atom is 0.413 e. The molecule has 1 heterocycles. The molecule has 0 aliphatic carbocycles. The minimum Gasteiger partial charge on any atom is -0.453 e. The van der Waals surface area contributed by atoms with E-state index in [4.69, 9.17) is 0 Å². The zero-order valence-electron chi connectivity index (χ0n) is 11.0. The number of nitrogens with zero attached hydrogens (tertiary/aromatic N) is 1. The largest absolute Gasteiger partial charge is 0.453 e. The Hall–Kier alpha value is -2.07. The third-order valence-electron chi connectivity index (χ3n) is 2.37. The van der Waals surface area contributed by atoms with Gasteiger partial charge in [-0.2, -0.15) is 0 Å². The second-order valence-electron chi connectivity index (χ2n) is 3.91. The van der Waals surface area contributed by atoms with Gasteiger partial charge in [-0.25, -0.2) is 18.2 Å². The predicted octanol–water partition coefficient (Wildman–Crippen LogP) is 1.71. The number of hydrogen-bond donors (Lipinski definition) is 2. The van der Waals surface area contributed by atoms with Gasteiger partial charge >= 0.3 is 6.09 Å². The number of aromatic amines is 1. The third kappa shape index (κ3) is 3.52. The van der Waals surface area contributed by atoms with Crippen LogP contribution in [0.2, 0.25) is 0 Å². The molecule has 10 heteroatoms. The van der Waals surface area contributed by atoms with Gasteiger partial charge in [-0.3, -0.25) is 10.1 Å². The summed E-state index contributed by atoms with van der Waals surface area (Å²) in [5, 5.41) is 1.81. The lowest BCUT2D eigenvalue weighted by Crippen LogP contribution is -2.11. The fourth-order valence-corrected chi connectivity index (χ4v) is 3.98. The first-order valence-corrected chi connectivity index (χ1v) is 8.43. The van der Waals surface area contributed by atoms with Crippen LogP contribution in [0, 0.1) is 0 Å². The average molecular weight is 329 g/mol. The van der Waals surface area contributed by atoms with Crippen LogP contribution in [0.4, 0.5) is 10.7 Å². The first-order chi connectivity index (χ1) is 9.81. The molecule has 0 radical (unpaired) electrons. The van der Waals surface area contributed by atoms with Crippen molar-refractivity contribution in [2.24, 2.45) is 0 Å². The summed E-state index contributed by atoms with van der Waals surface area (Å²) in [5.41, 5.74) is 0.875. The zero-order valence-corrected chi connectivity index (χ0v) is 12.7. The summed E-state index contributed by atoms with van der Waals surface area (Å²) in [6.07, 6.45) is -0.700. The maximum atomic E-state index is 11.9. The van der Waals surface area contributed by atoms with Gasteiger partial charge in [0.05, 0.1) is 23.0 Å². The van der Waals surface area contributed by atoms with E-state index in [1.165, 1.54) is 32.2 Å². The number of H-pyrrole nitrogens is 1. The topological polar surface area (TPSA) is 118 Å². The number of ether oxygens (including phenoxy) is 1. The molecule has 2 rings (SSSR count). The number of carbonyl (C=O) groups is 2. The molecule has 0 saturated heterocycles. The van der Waals surface area contributed by atoms with Crippen molar-refractivity contribution in [3.05, 3.63) is 18.2 Å². The Kier molecular flexibility index (Phi) is 4.19. The Balaban J connectivity index is 2.38. The number of aromatic nitrogens is 2. The number of fused-ring (bicyclic) bond motifs is 1. The highest BCUT2D eigenvalue weighted by Gasteiger charge is 2.19. The smallest absolute Gasteiger partial charge is 0.413 e. The van der Waals surface area contributed by atoms with E-state index in [9.17, 15) is 18.0 Å². The van der Waals surface area contributed by atoms with Crippen molar-refractivity contribution in [1.29, 1.82) is 0 Å². The van der Waals surface area contributed by atoms with Crippen LogP contribution in [0.3, 0.4) is 0 Å². The Morgan fingerprint density at radius 1 is 1.38 bits per heavy atom. The van der Waals surface area contributed by atoms with Crippen molar-refractivity contribution in [2.45, 2.75) is 11.8 Å². The van der Waals surface area contributed by atoms with Crippen molar-refractivity contribution in [3.63, 3.8) is 0 Å². The average Bonchev–Trinajstić information content (AvgIpc) is 2.78. The molecule has 1 aromatic carbocycles. The molecule has 0 unspecified atom stereocenters. The normalized spacial score (nSPS) is 11.3. The lowest BCUT2D eigenvalue weighted by molar-refractivity contribution is -0.109. The van der Waals surface area contributed by atoms with Crippen LogP contribution >= 0.6 is 10.8 Å². The Labute approximate surface area is 123 Å². The standard InChI is InChI=1S/C11H11N3O5S2/c1-6(15)20-21(17,18)7-3-4-8-9(5-7)13-10(12-8)14-11(16)19-2/h3-5H,1-2H3,(H2,12,13,14,16). The minimum absolute atomic E-state index is 0.0246. The van der Waals surface area contributed by atoms with Gasteiger partial charge in [-0.1, -0.05) is 0 Å². The van der Waals surface area contributed by atoms with E-state index in [0.717, 1.165) is 0 Å². The molecule has 0 aliphatic rings. The molecule has 0 aliphatic heterocycles. The van der Waals surface area contributed by atoms with E-state index in [0.29, 0.717) is 11.0 Å². The fraction of sp³-hybridized carbons (Fsp3) is 0.182. The molecule has 112 valence electrons. The van der Waals surface area contributed by atoms with Crippen LogP contribution in [-0.2, 0) is 18.4 Å². The summed E-state index contributed by atoms with van der Waals surface area (Å²) in [6.45, 7) is 1.18. The lowest BCUT2D eigenvalue weighted by atomic mass is 10.3. The van der Waals surface area contributed by atoms with Gasteiger partial charge in [-0.15, -0.1) is 0 Å². The van der Waals surface area contributed by atoms with Crippen molar-refractivity contribution < 1.29 is 22.7 Å². The first-order valence-electron chi connectivity index (χ1n) is 5.61. The second-order valence-corrected chi connectivity index (χ2v) is 7.85. The van der Waals surface area contributed by atoms with Gasteiger partial charge in [0.2, 0.25) is 19.9 Å². The maximum absolute atomic E-state index is 11.9. The molecule has 0 bridgehead atoms. The predicted molar refractivity (Wildman–Crippen MR) is 77.6 cm³/mol. The molecule has 0 fully saturated rings. The zero-order chi connectivity index (χ0) is 15.6. The van der Waals surface area contributed by atoms with Gasteiger partial charge in [0.1, 0.15) is 0 Å². The molecular formula is C11H11N3O5S2. The summed E-state index contributed by atoms with van der Waals surface area (Å²) >= 11 is 0. The van der Waals surface area contributed by atoms with E-state index < -0.39 is 20.1 Å². The summed E-state index contributed by atoms with van der Waals surface area (Å²) in [7, 11) is -2.30. The highest BCUT2D eigenvalue weighted by molar-refractivity contribution is 8.77. The molecule has 0 saturated carbocycles. The van der Waals surface area contributed by atoms with Crippen LogP contribution < -0.4 is 5.32 Å². The number of carbonyl (C=O) groups excluding carboxylic acids is 2. The number of anilines is 1. The molecular weight excluding hydrogens is 318 g/mol. The Morgan fingerprint density at radius 2 is 2.10 bits per heavy atom. The summed E-state index contributed by atoms with van der Waals surface area (Å²) < 4.78 is 28.3. The minimum atomic E-state index is -3.76.